The van der Waals surface area contributed by atoms with E-state index in [0.717, 1.165) is 71.6 Å². The second-order valence-electron chi connectivity index (χ2n) is 12.9. The van der Waals surface area contributed by atoms with E-state index in [0.29, 0.717) is 48.5 Å². The van der Waals surface area contributed by atoms with Gasteiger partial charge in [0.25, 0.3) is 0 Å². The quantitative estimate of drug-likeness (QED) is 0.0617. The molecule has 6 nitrogen and oxygen atoms in total. The molecule has 2 aliphatic heterocycles. The number of rotatable bonds is 11. The van der Waals surface area contributed by atoms with Crippen LogP contribution in [-0.2, 0) is 9.53 Å². The molecular formula is C41H55N3O3. The Kier molecular flexibility index (Phi) is 14.3. The van der Waals surface area contributed by atoms with Crippen LogP contribution in [0.25, 0.3) is 0 Å². The topological polar surface area (TPSA) is 74.5 Å². The van der Waals surface area contributed by atoms with E-state index in [1.807, 2.05) is 6.08 Å². The van der Waals surface area contributed by atoms with Gasteiger partial charge in [-0.1, -0.05) is 43.9 Å². The lowest BCUT2D eigenvalue weighted by atomic mass is 9.84. The number of hydrogen-bond donors (Lipinski definition) is 1. The van der Waals surface area contributed by atoms with Crippen molar-refractivity contribution in [2.45, 2.75) is 74.1 Å². The second-order valence-corrected chi connectivity index (χ2v) is 12.9. The summed E-state index contributed by atoms with van der Waals surface area (Å²) in [7, 11) is 1.74. The van der Waals surface area contributed by atoms with Crippen molar-refractivity contribution >= 4 is 17.2 Å². The van der Waals surface area contributed by atoms with Crippen molar-refractivity contribution in [3.8, 4) is 0 Å². The molecule has 252 valence electrons. The first kappa shape index (κ1) is 37.6. The van der Waals surface area contributed by atoms with Crippen LogP contribution in [0.5, 0.6) is 0 Å². The molecule has 3 aliphatic rings. The highest BCUT2D eigenvalue weighted by atomic mass is 16.5. The maximum absolute atomic E-state index is 13.2. The van der Waals surface area contributed by atoms with Crippen LogP contribution in [0.3, 0.4) is 0 Å². The fraction of sp³-hybridized carbons (Fsp3) is 0.463. The first-order valence-corrected chi connectivity index (χ1v) is 16.9. The normalized spacial score (nSPS) is 24.4. The van der Waals surface area contributed by atoms with Crippen LogP contribution in [0.15, 0.2) is 121 Å². The second kappa shape index (κ2) is 17.9. The number of aliphatic imine (C=N–C) groups is 2. The van der Waals surface area contributed by atoms with Gasteiger partial charge in [-0.05, 0) is 124 Å². The standard InChI is InChI=1S/C41H55N3O3/c1-11-35(44-17-16-29(4)36(34(9)26-44)13-12-19-47-20-18-45)22-32(7)38-23-33(8)41(46)25-40(43-38)39(42-10)24-37-28(3)15-14-27(2)30(5)21-31(37)6/h11,14-15,22,24-25,34,36,45H,4,8,12-13,16-20,23,26H2,1-3,5-7,9-10H3/b27-14-,28-15?,32-22-,35-11+,37-24?,42-39?/t21?,34-,36?/m1/s1. The highest BCUT2D eigenvalue weighted by molar-refractivity contribution is 6.20. The number of ether oxygens (including phenoxy) is 1. The smallest absolute Gasteiger partial charge is 0.183 e. The third kappa shape index (κ3) is 10.3. The maximum atomic E-state index is 13.2. The summed E-state index contributed by atoms with van der Waals surface area (Å²) < 4.78 is 5.50. The number of nitrogens with zero attached hydrogens (tertiary/aromatic N) is 3. The lowest BCUT2D eigenvalue weighted by Gasteiger charge is -2.28. The van der Waals surface area contributed by atoms with Gasteiger partial charge in [0.1, 0.15) is 0 Å². The van der Waals surface area contributed by atoms with Crippen LogP contribution in [0.4, 0.5) is 0 Å². The molecule has 0 spiro atoms. The Bertz CT molecular complexity index is 1560. The molecule has 0 aromatic carbocycles. The van der Waals surface area contributed by atoms with Gasteiger partial charge in [-0.15, -0.1) is 5.73 Å². The van der Waals surface area contributed by atoms with E-state index < -0.39 is 0 Å². The minimum absolute atomic E-state index is 0.0598. The summed E-state index contributed by atoms with van der Waals surface area (Å²) in [6.07, 6.45) is 15.5. The first-order valence-electron chi connectivity index (χ1n) is 16.9. The number of aliphatic hydroxyl groups excluding tert-OH is 1. The van der Waals surface area contributed by atoms with Gasteiger partial charge in [0.2, 0.25) is 0 Å². The number of likely N-dealkylation sites (tertiary alicyclic amines) is 1. The van der Waals surface area contributed by atoms with Crippen molar-refractivity contribution in [3.05, 3.63) is 111 Å². The molecule has 3 rings (SSSR count). The highest BCUT2D eigenvalue weighted by Gasteiger charge is 2.27. The zero-order valence-corrected chi connectivity index (χ0v) is 30.0. The van der Waals surface area contributed by atoms with Crippen LogP contribution < -0.4 is 0 Å². The van der Waals surface area contributed by atoms with Gasteiger partial charge in [0, 0.05) is 50.6 Å². The Morgan fingerprint density at radius 1 is 1.17 bits per heavy atom. The van der Waals surface area contributed by atoms with Crippen molar-refractivity contribution in [2.75, 3.05) is 40.0 Å². The molecule has 1 unspecified atom stereocenters. The van der Waals surface area contributed by atoms with Crippen LogP contribution in [0, 0.1) is 11.8 Å². The minimum atomic E-state index is -0.128. The number of aliphatic hydroxyl groups is 1. The SMILES string of the molecule is C=C1CC(/C(C)=C\C(=C/C)N2CCC(=C)C(CCCOCCO)[C@H](C)C2)=NC(C(C=C2C(C)=C=C(C)/C(C)=C\C=C2C)=NC)=CC1=O. The van der Waals surface area contributed by atoms with E-state index in [1.54, 1.807) is 13.1 Å². The average molecular weight is 638 g/mol. The number of ketones is 1. The molecule has 0 bridgehead atoms. The molecule has 6 heteroatoms. The summed E-state index contributed by atoms with van der Waals surface area (Å²) in [4.78, 5) is 25.3. The van der Waals surface area contributed by atoms with Crippen molar-refractivity contribution in [3.63, 3.8) is 0 Å². The molecule has 1 fully saturated rings. The van der Waals surface area contributed by atoms with Crippen LogP contribution in [0.2, 0.25) is 0 Å². The average Bonchev–Trinajstić information content (AvgIpc) is 3.28. The Labute approximate surface area is 283 Å². The highest BCUT2D eigenvalue weighted by Crippen LogP contribution is 2.33. The summed E-state index contributed by atoms with van der Waals surface area (Å²) in [5.41, 5.74) is 14.8. The number of carbonyl (C=O) groups excluding carboxylic acids is 1. The molecule has 0 aromatic heterocycles. The van der Waals surface area contributed by atoms with Gasteiger partial charge in [-0.3, -0.25) is 14.8 Å². The molecule has 1 aliphatic carbocycles. The summed E-state index contributed by atoms with van der Waals surface area (Å²) in [6, 6.07) is 0. The number of carbonyl (C=O) groups is 1. The molecule has 0 aromatic rings. The van der Waals surface area contributed by atoms with Crippen LogP contribution >= 0.6 is 0 Å². The third-order valence-electron chi connectivity index (χ3n) is 9.36. The van der Waals surface area contributed by atoms with Gasteiger partial charge in [-0.2, -0.15) is 0 Å². The summed E-state index contributed by atoms with van der Waals surface area (Å²) in [5.74, 6) is 0.743. The van der Waals surface area contributed by atoms with E-state index in [2.05, 4.69) is 102 Å². The van der Waals surface area contributed by atoms with Crippen molar-refractivity contribution in [1.29, 1.82) is 0 Å². The van der Waals surface area contributed by atoms with Gasteiger partial charge in [0.05, 0.1) is 24.6 Å². The first-order chi connectivity index (χ1) is 22.4. The number of hydrogen-bond acceptors (Lipinski definition) is 6. The van der Waals surface area contributed by atoms with Crippen LogP contribution in [0.1, 0.15) is 74.1 Å². The molecule has 1 saturated heterocycles. The molecule has 2 heterocycles. The van der Waals surface area contributed by atoms with E-state index in [1.165, 1.54) is 11.1 Å². The Morgan fingerprint density at radius 3 is 2.57 bits per heavy atom. The summed E-state index contributed by atoms with van der Waals surface area (Å²) in [5, 5.41) is 8.98. The molecule has 1 N–H and O–H groups in total. The Morgan fingerprint density at radius 2 is 1.89 bits per heavy atom. The van der Waals surface area contributed by atoms with Crippen molar-refractivity contribution < 1.29 is 14.6 Å². The third-order valence-corrected chi connectivity index (χ3v) is 9.36. The summed E-state index contributed by atoms with van der Waals surface area (Å²) >= 11 is 0. The zero-order chi connectivity index (χ0) is 34.7. The molecule has 47 heavy (non-hydrogen) atoms. The minimum Gasteiger partial charge on any atom is -0.394 e. The largest absolute Gasteiger partial charge is 0.394 e. The number of allylic oxidation sites excluding steroid dienone is 12. The van der Waals surface area contributed by atoms with Gasteiger partial charge in [-0.25, -0.2) is 0 Å². The Balaban J connectivity index is 1.91. The fourth-order valence-corrected chi connectivity index (χ4v) is 6.30. The van der Waals surface area contributed by atoms with Gasteiger partial charge < -0.3 is 14.7 Å². The maximum Gasteiger partial charge on any atom is 0.183 e. The van der Waals surface area contributed by atoms with E-state index in [4.69, 9.17) is 14.8 Å². The zero-order valence-electron chi connectivity index (χ0n) is 30.0. The van der Waals surface area contributed by atoms with Crippen LogP contribution in [-0.4, -0.2) is 67.2 Å². The van der Waals surface area contributed by atoms with Crippen molar-refractivity contribution in [2.24, 2.45) is 21.8 Å². The monoisotopic (exact) mass is 637 g/mol. The predicted molar refractivity (Wildman–Crippen MR) is 198 cm³/mol. The molecule has 0 saturated carbocycles. The lowest BCUT2D eigenvalue weighted by Crippen LogP contribution is -2.28. The molecular weight excluding hydrogens is 582 g/mol. The Hall–Kier alpha value is -3.83. The molecule has 0 amide bonds. The lowest BCUT2D eigenvalue weighted by molar-refractivity contribution is -0.111. The van der Waals surface area contributed by atoms with E-state index in [9.17, 15) is 4.79 Å². The summed E-state index contributed by atoms with van der Waals surface area (Å²) in [6.45, 7) is 26.3. The van der Waals surface area contributed by atoms with Gasteiger partial charge >= 0.3 is 0 Å². The molecule has 0 radical (unpaired) electrons. The van der Waals surface area contributed by atoms with E-state index in [-0.39, 0.29) is 12.4 Å². The molecule has 2 atom stereocenters. The fourth-order valence-electron chi connectivity index (χ4n) is 6.30. The predicted octanol–water partition coefficient (Wildman–Crippen LogP) is 8.39. The van der Waals surface area contributed by atoms with Gasteiger partial charge in [0.15, 0.2) is 5.78 Å². The van der Waals surface area contributed by atoms with Crippen molar-refractivity contribution in [1.82, 2.24) is 4.90 Å². The van der Waals surface area contributed by atoms with E-state index >= 15 is 0 Å².